The minimum absolute atomic E-state index is 0.259. The van der Waals surface area contributed by atoms with Gasteiger partial charge in [-0.15, -0.1) is 0 Å². The van der Waals surface area contributed by atoms with Crippen LogP contribution in [0.5, 0.6) is 0 Å². The number of pyridine rings is 1. The van der Waals surface area contributed by atoms with Gasteiger partial charge in [0.15, 0.2) is 0 Å². The van der Waals surface area contributed by atoms with Gasteiger partial charge in [-0.2, -0.15) is 5.26 Å². The Labute approximate surface area is 89.6 Å². The Morgan fingerprint density at radius 3 is 3.13 bits per heavy atom. The number of hydrogen-bond acceptors (Lipinski definition) is 4. The number of nitriles is 1. The van der Waals surface area contributed by atoms with E-state index in [1.165, 1.54) is 0 Å². The molecule has 1 atom stereocenters. The molecule has 1 rings (SSSR count). The SMILES string of the molecule is CC(O)CCCNc1cc(C#N)ccn1. The molecule has 1 unspecified atom stereocenters. The average Bonchev–Trinajstić information content (AvgIpc) is 2.24. The van der Waals surface area contributed by atoms with Crippen molar-refractivity contribution >= 4 is 5.82 Å². The van der Waals surface area contributed by atoms with Crippen LogP contribution in [0.2, 0.25) is 0 Å². The lowest BCUT2D eigenvalue weighted by atomic mass is 10.2. The predicted molar refractivity (Wildman–Crippen MR) is 58.4 cm³/mol. The summed E-state index contributed by atoms with van der Waals surface area (Å²) in [6, 6.07) is 5.43. The van der Waals surface area contributed by atoms with Crippen molar-refractivity contribution in [2.24, 2.45) is 0 Å². The lowest BCUT2D eigenvalue weighted by molar-refractivity contribution is 0.183. The summed E-state index contributed by atoms with van der Waals surface area (Å²) >= 11 is 0. The van der Waals surface area contributed by atoms with E-state index in [9.17, 15) is 0 Å². The van der Waals surface area contributed by atoms with E-state index in [4.69, 9.17) is 10.4 Å². The van der Waals surface area contributed by atoms with Gasteiger partial charge in [-0.05, 0) is 31.9 Å². The van der Waals surface area contributed by atoms with Crippen molar-refractivity contribution in [1.29, 1.82) is 5.26 Å². The van der Waals surface area contributed by atoms with Gasteiger partial charge in [0, 0.05) is 12.7 Å². The van der Waals surface area contributed by atoms with E-state index in [0.29, 0.717) is 11.4 Å². The molecule has 0 aromatic carbocycles. The Morgan fingerprint density at radius 2 is 2.47 bits per heavy atom. The first kappa shape index (κ1) is 11.5. The van der Waals surface area contributed by atoms with Gasteiger partial charge >= 0.3 is 0 Å². The van der Waals surface area contributed by atoms with Crippen molar-refractivity contribution in [3.05, 3.63) is 23.9 Å². The molecule has 0 amide bonds. The van der Waals surface area contributed by atoms with E-state index in [1.54, 1.807) is 25.3 Å². The van der Waals surface area contributed by atoms with Crippen LogP contribution in [0, 0.1) is 11.3 Å². The fraction of sp³-hybridized carbons (Fsp3) is 0.455. The molecule has 2 N–H and O–H groups in total. The molecule has 0 saturated carbocycles. The molecule has 4 nitrogen and oxygen atoms in total. The average molecular weight is 205 g/mol. The molecule has 80 valence electrons. The molecule has 0 radical (unpaired) electrons. The van der Waals surface area contributed by atoms with Crippen molar-refractivity contribution in [3.8, 4) is 6.07 Å². The second kappa shape index (κ2) is 5.99. The molecule has 1 heterocycles. The van der Waals surface area contributed by atoms with Crippen LogP contribution < -0.4 is 5.32 Å². The second-order valence-electron chi connectivity index (χ2n) is 3.46. The van der Waals surface area contributed by atoms with Crippen molar-refractivity contribution in [3.63, 3.8) is 0 Å². The number of rotatable bonds is 5. The zero-order valence-corrected chi connectivity index (χ0v) is 8.77. The van der Waals surface area contributed by atoms with Gasteiger partial charge < -0.3 is 10.4 Å². The van der Waals surface area contributed by atoms with Crippen molar-refractivity contribution < 1.29 is 5.11 Å². The maximum atomic E-state index is 9.05. The quantitative estimate of drug-likeness (QED) is 0.715. The van der Waals surface area contributed by atoms with Gasteiger partial charge in [0.25, 0.3) is 0 Å². The molecule has 0 bridgehead atoms. The minimum Gasteiger partial charge on any atom is -0.393 e. The fourth-order valence-corrected chi connectivity index (χ4v) is 1.21. The van der Waals surface area contributed by atoms with Crippen LogP contribution in [0.3, 0.4) is 0 Å². The van der Waals surface area contributed by atoms with E-state index >= 15 is 0 Å². The fourth-order valence-electron chi connectivity index (χ4n) is 1.21. The zero-order valence-electron chi connectivity index (χ0n) is 8.77. The molecular weight excluding hydrogens is 190 g/mol. The standard InChI is InChI=1S/C11H15N3O/c1-9(15)3-2-5-13-11-7-10(8-12)4-6-14-11/h4,6-7,9,15H,2-3,5H2,1H3,(H,13,14). The first-order valence-electron chi connectivity index (χ1n) is 5.00. The van der Waals surface area contributed by atoms with Crippen LogP contribution >= 0.6 is 0 Å². The Morgan fingerprint density at radius 1 is 1.67 bits per heavy atom. The monoisotopic (exact) mass is 205 g/mol. The maximum Gasteiger partial charge on any atom is 0.127 e. The Balaban J connectivity index is 2.35. The molecule has 1 aromatic rings. The van der Waals surface area contributed by atoms with Gasteiger partial charge in [-0.3, -0.25) is 0 Å². The summed E-state index contributed by atoms with van der Waals surface area (Å²) in [4.78, 5) is 4.08. The van der Waals surface area contributed by atoms with Gasteiger partial charge in [-0.25, -0.2) is 4.98 Å². The van der Waals surface area contributed by atoms with Crippen LogP contribution in [-0.4, -0.2) is 22.7 Å². The zero-order chi connectivity index (χ0) is 11.1. The first-order chi connectivity index (χ1) is 7.22. The molecule has 4 heteroatoms. The Kier molecular flexibility index (Phi) is 4.58. The third-order valence-electron chi connectivity index (χ3n) is 1.99. The van der Waals surface area contributed by atoms with Crippen LogP contribution in [-0.2, 0) is 0 Å². The van der Waals surface area contributed by atoms with Gasteiger partial charge in [-0.1, -0.05) is 0 Å². The van der Waals surface area contributed by atoms with E-state index in [1.807, 2.05) is 0 Å². The highest BCUT2D eigenvalue weighted by atomic mass is 16.3. The summed E-state index contributed by atoms with van der Waals surface area (Å²) in [6.45, 7) is 2.53. The lowest BCUT2D eigenvalue weighted by Gasteiger charge is -2.06. The van der Waals surface area contributed by atoms with E-state index < -0.39 is 0 Å². The molecule has 0 fully saturated rings. The highest BCUT2D eigenvalue weighted by Crippen LogP contribution is 2.06. The van der Waals surface area contributed by atoms with Gasteiger partial charge in [0.2, 0.25) is 0 Å². The third kappa shape index (κ3) is 4.43. The Hall–Kier alpha value is -1.60. The number of hydrogen-bond donors (Lipinski definition) is 2. The largest absolute Gasteiger partial charge is 0.393 e. The molecule has 0 aliphatic rings. The highest BCUT2D eigenvalue weighted by molar-refractivity contribution is 5.42. The van der Waals surface area contributed by atoms with Gasteiger partial charge in [0.05, 0.1) is 17.7 Å². The normalized spacial score (nSPS) is 11.8. The van der Waals surface area contributed by atoms with E-state index in [2.05, 4.69) is 16.4 Å². The van der Waals surface area contributed by atoms with Crippen molar-refractivity contribution in [1.82, 2.24) is 4.98 Å². The number of nitrogens with one attached hydrogen (secondary N) is 1. The number of aliphatic hydroxyl groups is 1. The highest BCUT2D eigenvalue weighted by Gasteiger charge is 1.97. The lowest BCUT2D eigenvalue weighted by Crippen LogP contribution is -2.07. The smallest absolute Gasteiger partial charge is 0.127 e. The predicted octanol–water partition coefficient (Wildman–Crippen LogP) is 1.53. The Bertz CT molecular complexity index is 344. The van der Waals surface area contributed by atoms with Crippen LogP contribution in [0.15, 0.2) is 18.3 Å². The topological polar surface area (TPSA) is 68.9 Å². The summed E-state index contributed by atoms with van der Waals surface area (Å²) in [5, 5.41) is 20.8. The van der Waals surface area contributed by atoms with E-state index in [-0.39, 0.29) is 6.10 Å². The van der Waals surface area contributed by atoms with Crippen molar-refractivity contribution in [2.75, 3.05) is 11.9 Å². The summed E-state index contributed by atoms with van der Waals surface area (Å²) in [5.74, 6) is 0.708. The van der Waals surface area contributed by atoms with Crippen LogP contribution in [0.4, 0.5) is 5.82 Å². The maximum absolute atomic E-state index is 9.05. The molecule has 0 aliphatic heterocycles. The molecule has 0 saturated heterocycles. The number of aliphatic hydroxyl groups excluding tert-OH is 1. The third-order valence-corrected chi connectivity index (χ3v) is 1.99. The van der Waals surface area contributed by atoms with Gasteiger partial charge in [0.1, 0.15) is 5.82 Å². The summed E-state index contributed by atoms with van der Waals surface area (Å²) in [6.07, 6.45) is 3.00. The van der Waals surface area contributed by atoms with Crippen molar-refractivity contribution in [2.45, 2.75) is 25.9 Å². The summed E-state index contributed by atoms with van der Waals surface area (Å²) in [7, 11) is 0. The molecule has 0 aliphatic carbocycles. The van der Waals surface area contributed by atoms with E-state index in [0.717, 1.165) is 19.4 Å². The second-order valence-corrected chi connectivity index (χ2v) is 3.46. The molecule has 0 spiro atoms. The first-order valence-corrected chi connectivity index (χ1v) is 5.00. The number of aromatic nitrogens is 1. The molecule has 1 aromatic heterocycles. The number of nitrogens with zero attached hydrogens (tertiary/aromatic N) is 2. The number of anilines is 1. The molecular formula is C11H15N3O. The summed E-state index contributed by atoms with van der Waals surface area (Å²) in [5.41, 5.74) is 0.600. The van der Waals surface area contributed by atoms with Crippen LogP contribution in [0.1, 0.15) is 25.3 Å². The van der Waals surface area contributed by atoms with Crippen LogP contribution in [0.25, 0.3) is 0 Å². The minimum atomic E-state index is -0.259. The molecule has 15 heavy (non-hydrogen) atoms. The summed E-state index contributed by atoms with van der Waals surface area (Å²) < 4.78 is 0.